The number of hydrogen-bond donors (Lipinski definition) is 1. The van der Waals surface area contributed by atoms with Crippen LogP contribution in [0, 0.1) is 0 Å². The lowest BCUT2D eigenvalue weighted by molar-refractivity contribution is 0.168. The standard InChI is InChI=1S/C11H16O/c1-10-6-4-2-3-5-7-11(12)9-8-10/h2-6,11-12H,7-9H2,1H3/b4-2-,5-3+,10-6+. The van der Waals surface area contributed by atoms with E-state index in [4.69, 9.17) is 0 Å². The molecule has 1 atom stereocenters. The molecule has 0 fully saturated rings. The molecule has 1 N–H and O–H groups in total. The van der Waals surface area contributed by atoms with E-state index < -0.39 is 0 Å². The molecule has 1 rings (SSSR count). The summed E-state index contributed by atoms with van der Waals surface area (Å²) >= 11 is 0. The van der Waals surface area contributed by atoms with Gasteiger partial charge in [0.2, 0.25) is 0 Å². The summed E-state index contributed by atoms with van der Waals surface area (Å²) < 4.78 is 0. The fourth-order valence-corrected chi connectivity index (χ4v) is 1.19. The second-order valence-corrected chi connectivity index (χ2v) is 3.25. The molecule has 0 heterocycles. The Hall–Kier alpha value is -0.820. The summed E-state index contributed by atoms with van der Waals surface area (Å²) in [5.74, 6) is 0. The zero-order valence-corrected chi connectivity index (χ0v) is 7.53. The predicted octanol–water partition coefficient (Wildman–Crippen LogP) is 2.59. The molecule has 0 amide bonds. The maximum absolute atomic E-state index is 9.45. The highest BCUT2D eigenvalue weighted by atomic mass is 16.3. The minimum atomic E-state index is -0.170. The van der Waals surface area contributed by atoms with Crippen LogP contribution >= 0.6 is 0 Å². The molecule has 1 heteroatoms. The lowest BCUT2D eigenvalue weighted by Gasteiger charge is -2.07. The first-order chi connectivity index (χ1) is 5.79. The first-order valence-corrected chi connectivity index (χ1v) is 4.46. The van der Waals surface area contributed by atoms with Gasteiger partial charge in [-0.25, -0.2) is 0 Å². The van der Waals surface area contributed by atoms with E-state index in [2.05, 4.69) is 13.0 Å². The molecule has 0 aromatic rings. The van der Waals surface area contributed by atoms with Gasteiger partial charge in [-0.3, -0.25) is 0 Å². The zero-order valence-electron chi connectivity index (χ0n) is 7.53. The van der Waals surface area contributed by atoms with Gasteiger partial charge in [-0.05, 0) is 26.2 Å². The molecule has 0 aromatic heterocycles. The predicted molar refractivity (Wildman–Crippen MR) is 51.9 cm³/mol. The van der Waals surface area contributed by atoms with Crippen LogP contribution in [0.2, 0.25) is 0 Å². The van der Waals surface area contributed by atoms with E-state index in [9.17, 15) is 5.11 Å². The monoisotopic (exact) mass is 164 g/mol. The summed E-state index contributed by atoms with van der Waals surface area (Å²) in [5, 5.41) is 9.45. The topological polar surface area (TPSA) is 20.2 Å². The Morgan fingerprint density at radius 3 is 3.00 bits per heavy atom. The average Bonchev–Trinajstić information content (AvgIpc) is 2.07. The van der Waals surface area contributed by atoms with Crippen molar-refractivity contribution in [3.05, 3.63) is 36.0 Å². The maximum atomic E-state index is 9.45. The Kier molecular flexibility index (Phi) is 3.81. The molecule has 1 aliphatic rings. The molecule has 1 nitrogen and oxygen atoms in total. The lowest BCUT2D eigenvalue weighted by atomic mass is 10.0. The van der Waals surface area contributed by atoms with E-state index in [0.29, 0.717) is 0 Å². The van der Waals surface area contributed by atoms with Crippen LogP contribution in [0.3, 0.4) is 0 Å². The van der Waals surface area contributed by atoms with Crippen LogP contribution in [-0.4, -0.2) is 11.2 Å². The molecular weight excluding hydrogens is 148 g/mol. The summed E-state index contributed by atoms with van der Waals surface area (Å²) in [6.45, 7) is 2.10. The molecule has 12 heavy (non-hydrogen) atoms. The number of aliphatic hydroxyl groups is 1. The Morgan fingerprint density at radius 1 is 1.33 bits per heavy atom. The Bertz CT molecular complexity index is 211. The fourth-order valence-electron chi connectivity index (χ4n) is 1.19. The second kappa shape index (κ2) is 4.94. The average molecular weight is 164 g/mol. The van der Waals surface area contributed by atoms with Gasteiger partial charge in [0.1, 0.15) is 0 Å². The highest BCUT2D eigenvalue weighted by Crippen LogP contribution is 2.10. The third-order valence-corrected chi connectivity index (χ3v) is 2.02. The van der Waals surface area contributed by atoms with Crippen molar-refractivity contribution < 1.29 is 5.11 Å². The van der Waals surface area contributed by atoms with Gasteiger partial charge in [0.05, 0.1) is 6.10 Å². The largest absolute Gasteiger partial charge is 0.393 e. The smallest absolute Gasteiger partial charge is 0.0577 e. The maximum Gasteiger partial charge on any atom is 0.0577 e. The van der Waals surface area contributed by atoms with Gasteiger partial charge in [-0.15, -0.1) is 0 Å². The van der Waals surface area contributed by atoms with Gasteiger partial charge < -0.3 is 5.11 Å². The van der Waals surface area contributed by atoms with E-state index in [1.807, 2.05) is 24.3 Å². The van der Waals surface area contributed by atoms with E-state index in [1.165, 1.54) is 5.57 Å². The quantitative estimate of drug-likeness (QED) is 0.583. The van der Waals surface area contributed by atoms with Crippen molar-refractivity contribution in [2.45, 2.75) is 32.3 Å². The van der Waals surface area contributed by atoms with Gasteiger partial charge in [0.25, 0.3) is 0 Å². The van der Waals surface area contributed by atoms with Crippen LogP contribution in [0.5, 0.6) is 0 Å². The highest BCUT2D eigenvalue weighted by molar-refractivity contribution is 5.16. The Morgan fingerprint density at radius 2 is 2.17 bits per heavy atom. The number of allylic oxidation sites excluding steroid dienone is 5. The van der Waals surface area contributed by atoms with E-state index in [1.54, 1.807) is 0 Å². The van der Waals surface area contributed by atoms with E-state index in [0.717, 1.165) is 19.3 Å². The van der Waals surface area contributed by atoms with Gasteiger partial charge in [0.15, 0.2) is 0 Å². The molecule has 1 aliphatic carbocycles. The minimum absolute atomic E-state index is 0.170. The fraction of sp³-hybridized carbons (Fsp3) is 0.455. The summed E-state index contributed by atoms with van der Waals surface area (Å²) in [4.78, 5) is 0. The third kappa shape index (κ3) is 3.54. The molecule has 0 spiro atoms. The van der Waals surface area contributed by atoms with Crippen molar-refractivity contribution in [2.24, 2.45) is 0 Å². The molecule has 0 aliphatic heterocycles. The molecule has 0 saturated heterocycles. The Labute approximate surface area is 74.1 Å². The van der Waals surface area contributed by atoms with Crippen molar-refractivity contribution in [1.29, 1.82) is 0 Å². The minimum Gasteiger partial charge on any atom is -0.393 e. The van der Waals surface area contributed by atoms with Crippen molar-refractivity contribution in [2.75, 3.05) is 0 Å². The zero-order chi connectivity index (χ0) is 8.81. The lowest BCUT2D eigenvalue weighted by Crippen LogP contribution is -2.04. The van der Waals surface area contributed by atoms with E-state index in [-0.39, 0.29) is 6.10 Å². The summed E-state index contributed by atoms with van der Waals surface area (Å²) in [6, 6.07) is 0. The second-order valence-electron chi connectivity index (χ2n) is 3.25. The van der Waals surface area contributed by atoms with Crippen LogP contribution < -0.4 is 0 Å². The van der Waals surface area contributed by atoms with Crippen molar-refractivity contribution in [1.82, 2.24) is 0 Å². The van der Waals surface area contributed by atoms with Gasteiger partial charge in [0, 0.05) is 0 Å². The van der Waals surface area contributed by atoms with Crippen LogP contribution in [-0.2, 0) is 0 Å². The molecular formula is C11H16O. The summed E-state index contributed by atoms with van der Waals surface area (Å²) in [6.07, 6.45) is 12.6. The molecule has 1 unspecified atom stereocenters. The summed E-state index contributed by atoms with van der Waals surface area (Å²) in [7, 11) is 0. The SMILES string of the molecule is C\C1=C/C=C\C=C\CC(O)CC1. The first kappa shape index (κ1) is 9.27. The van der Waals surface area contributed by atoms with E-state index >= 15 is 0 Å². The van der Waals surface area contributed by atoms with Crippen molar-refractivity contribution in [3.8, 4) is 0 Å². The van der Waals surface area contributed by atoms with Crippen LogP contribution in [0.4, 0.5) is 0 Å². The number of aliphatic hydroxyl groups excluding tert-OH is 1. The van der Waals surface area contributed by atoms with Crippen molar-refractivity contribution >= 4 is 0 Å². The molecule has 66 valence electrons. The van der Waals surface area contributed by atoms with Gasteiger partial charge in [-0.1, -0.05) is 36.0 Å². The highest BCUT2D eigenvalue weighted by Gasteiger charge is 2.01. The molecule has 0 bridgehead atoms. The van der Waals surface area contributed by atoms with Crippen molar-refractivity contribution in [3.63, 3.8) is 0 Å². The molecule has 0 radical (unpaired) electrons. The normalized spacial score (nSPS) is 34.8. The summed E-state index contributed by atoms with van der Waals surface area (Å²) in [5.41, 5.74) is 1.33. The number of rotatable bonds is 0. The third-order valence-electron chi connectivity index (χ3n) is 2.02. The van der Waals surface area contributed by atoms with Gasteiger partial charge >= 0.3 is 0 Å². The number of hydrogen-bond acceptors (Lipinski definition) is 1. The van der Waals surface area contributed by atoms with Crippen LogP contribution in [0.1, 0.15) is 26.2 Å². The first-order valence-electron chi connectivity index (χ1n) is 4.46. The Balaban J connectivity index is 2.59. The molecule has 0 aromatic carbocycles. The van der Waals surface area contributed by atoms with Crippen LogP contribution in [0.25, 0.3) is 0 Å². The van der Waals surface area contributed by atoms with Crippen LogP contribution in [0.15, 0.2) is 36.0 Å². The van der Waals surface area contributed by atoms with Gasteiger partial charge in [-0.2, -0.15) is 0 Å². The molecule has 0 saturated carbocycles.